The van der Waals surface area contributed by atoms with Crippen molar-refractivity contribution < 1.29 is 0 Å². The van der Waals surface area contributed by atoms with Crippen LogP contribution < -0.4 is 0 Å². The van der Waals surface area contributed by atoms with Crippen molar-refractivity contribution in [3.63, 3.8) is 0 Å². The standard InChI is InChI=1S/C46H35N3S/c1-46(2)38-26-16-15-25-37(38)41-40(46)39(32-21-11-5-12-22-32)42(50-41)45-48-43(33-23-13-6-14-24-33)47-44(49-45)36-28-34(30-17-7-3-8-18-30)27-35(29-36)31-19-9-4-10-20-31/h3-5,7-13,15-29H,6,14H2,1-2H3. The van der Waals surface area contributed by atoms with Gasteiger partial charge in [0, 0.05) is 27.0 Å². The second-order valence-electron chi connectivity index (χ2n) is 13.5. The Balaban J connectivity index is 1.31. The molecule has 0 aliphatic heterocycles. The Labute approximate surface area is 297 Å². The van der Waals surface area contributed by atoms with Gasteiger partial charge >= 0.3 is 0 Å². The quantitative estimate of drug-likeness (QED) is 0.178. The van der Waals surface area contributed by atoms with Crippen LogP contribution in [-0.2, 0) is 5.41 Å². The SMILES string of the molecule is CC1(C)c2ccccc2-c2sc(-c3nc(C4=CCCC=C4)nc(-c4cc(-c5ccccc5)cc(-c5ccccc5)c4)n3)c(-c3ccccc3)c21. The predicted octanol–water partition coefficient (Wildman–Crippen LogP) is 12.3. The van der Waals surface area contributed by atoms with Crippen LogP contribution in [0.3, 0.4) is 0 Å². The van der Waals surface area contributed by atoms with Gasteiger partial charge in [0.15, 0.2) is 17.5 Å². The second kappa shape index (κ2) is 12.3. The molecule has 2 aliphatic carbocycles. The molecule has 5 aromatic carbocycles. The van der Waals surface area contributed by atoms with Gasteiger partial charge in [-0.05, 0) is 75.5 Å². The summed E-state index contributed by atoms with van der Waals surface area (Å²) in [6.07, 6.45) is 8.63. The highest BCUT2D eigenvalue weighted by Gasteiger charge is 2.41. The Morgan fingerprint density at radius 2 is 1.08 bits per heavy atom. The maximum atomic E-state index is 5.38. The van der Waals surface area contributed by atoms with Crippen molar-refractivity contribution in [2.24, 2.45) is 0 Å². The van der Waals surface area contributed by atoms with Gasteiger partial charge in [-0.1, -0.05) is 147 Å². The molecule has 0 saturated carbocycles. The van der Waals surface area contributed by atoms with Crippen LogP contribution >= 0.6 is 11.3 Å². The van der Waals surface area contributed by atoms with E-state index in [0.717, 1.165) is 51.1 Å². The van der Waals surface area contributed by atoms with Gasteiger partial charge in [0.2, 0.25) is 0 Å². The molecule has 50 heavy (non-hydrogen) atoms. The molecule has 0 atom stereocenters. The minimum atomic E-state index is -0.173. The summed E-state index contributed by atoms with van der Waals surface area (Å²) >= 11 is 1.81. The van der Waals surface area contributed by atoms with E-state index in [-0.39, 0.29) is 5.41 Å². The maximum absolute atomic E-state index is 5.38. The summed E-state index contributed by atoms with van der Waals surface area (Å²) < 4.78 is 0. The molecule has 9 rings (SSSR count). The van der Waals surface area contributed by atoms with Crippen LogP contribution in [0.4, 0.5) is 0 Å². The Morgan fingerprint density at radius 3 is 1.72 bits per heavy atom. The number of aromatic nitrogens is 3. The van der Waals surface area contributed by atoms with Crippen molar-refractivity contribution in [1.29, 1.82) is 0 Å². The van der Waals surface area contributed by atoms with Gasteiger partial charge in [-0.15, -0.1) is 11.3 Å². The van der Waals surface area contributed by atoms with Crippen LogP contribution in [-0.4, -0.2) is 15.0 Å². The van der Waals surface area contributed by atoms with E-state index in [2.05, 4.69) is 166 Å². The lowest BCUT2D eigenvalue weighted by molar-refractivity contribution is 0.663. The number of rotatable bonds is 6. The lowest BCUT2D eigenvalue weighted by Gasteiger charge is -2.23. The van der Waals surface area contributed by atoms with Crippen molar-refractivity contribution in [1.82, 2.24) is 15.0 Å². The number of hydrogen-bond donors (Lipinski definition) is 0. The summed E-state index contributed by atoms with van der Waals surface area (Å²) in [5.41, 5.74) is 12.8. The van der Waals surface area contributed by atoms with Crippen LogP contribution in [0.1, 0.15) is 43.6 Å². The number of benzene rings is 5. The third-order valence-electron chi connectivity index (χ3n) is 9.94. The van der Waals surface area contributed by atoms with E-state index in [0.29, 0.717) is 17.5 Å². The second-order valence-corrected chi connectivity index (χ2v) is 14.5. The van der Waals surface area contributed by atoms with E-state index < -0.39 is 0 Å². The summed E-state index contributed by atoms with van der Waals surface area (Å²) in [5.74, 6) is 2.09. The Morgan fingerprint density at radius 1 is 0.520 bits per heavy atom. The maximum Gasteiger partial charge on any atom is 0.174 e. The molecule has 0 spiro atoms. The molecule has 2 heterocycles. The molecule has 0 N–H and O–H groups in total. The van der Waals surface area contributed by atoms with Gasteiger partial charge in [-0.3, -0.25) is 0 Å². The van der Waals surface area contributed by atoms with E-state index in [1.54, 1.807) is 0 Å². The highest BCUT2D eigenvalue weighted by Crippen LogP contribution is 2.58. The van der Waals surface area contributed by atoms with Crippen LogP contribution in [0.5, 0.6) is 0 Å². The molecule has 0 fully saturated rings. The van der Waals surface area contributed by atoms with E-state index in [4.69, 9.17) is 15.0 Å². The van der Waals surface area contributed by atoms with Gasteiger partial charge in [-0.25, -0.2) is 15.0 Å². The zero-order valence-corrected chi connectivity index (χ0v) is 28.9. The molecular formula is C46H35N3S. The Hall–Kier alpha value is -5.71. The van der Waals surface area contributed by atoms with Gasteiger partial charge in [-0.2, -0.15) is 0 Å². The highest BCUT2D eigenvalue weighted by molar-refractivity contribution is 7.19. The average Bonchev–Trinajstić information content (AvgIpc) is 3.70. The predicted molar refractivity (Wildman–Crippen MR) is 209 cm³/mol. The largest absolute Gasteiger partial charge is 0.208 e. The fraction of sp³-hybridized carbons (Fsp3) is 0.109. The smallest absolute Gasteiger partial charge is 0.174 e. The highest BCUT2D eigenvalue weighted by atomic mass is 32.1. The lowest BCUT2D eigenvalue weighted by atomic mass is 9.79. The van der Waals surface area contributed by atoms with Crippen LogP contribution in [0, 0.1) is 0 Å². The summed E-state index contributed by atoms with van der Waals surface area (Å²) in [5, 5.41) is 0. The summed E-state index contributed by atoms with van der Waals surface area (Å²) in [6.45, 7) is 4.70. The molecule has 4 heteroatoms. The van der Waals surface area contributed by atoms with Crippen molar-refractivity contribution in [2.45, 2.75) is 32.1 Å². The molecule has 0 unspecified atom stereocenters. The van der Waals surface area contributed by atoms with E-state index in [1.807, 2.05) is 11.3 Å². The molecule has 0 bridgehead atoms. The minimum Gasteiger partial charge on any atom is -0.208 e. The van der Waals surface area contributed by atoms with Crippen molar-refractivity contribution in [3.8, 4) is 65.9 Å². The third-order valence-corrected chi connectivity index (χ3v) is 11.2. The normalized spacial score (nSPS) is 14.2. The zero-order valence-electron chi connectivity index (χ0n) is 28.1. The average molecular weight is 662 g/mol. The van der Waals surface area contributed by atoms with Crippen LogP contribution in [0.15, 0.2) is 152 Å². The molecule has 3 nitrogen and oxygen atoms in total. The van der Waals surface area contributed by atoms with E-state index in [1.165, 1.54) is 32.7 Å². The topological polar surface area (TPSA) is 38.7 Å². The van der Waals surface area contributed by atoms with E-state index >= 15 is 0 Å². The Kier molecular flexibility index (Phi) is 7.48. The zero-order chi connectivity index (χ0) is 33.7. The molecular weight excluding hydrogens is 627 g/mol. The van der Waals surface area contributed by atoms with E-state index in [9.17, 15) is 0 Å². The lowest BCUT2D eigenvalue weighted by Crippen LogP contribution is -2.15. The number of fused-ring (bicyclic) bond motifs is 3. The minimum absolute atomic E-state index is 0.173. The summed E-state index contributed by atoms with van der Waals surface area (Å²) in [6, 6.07) is 47.5. The molecule has 240 valence electrons. The Bertz CT molecular complexity index is 2380. The van der Waals surface area contributed by atoms with Crippen LogP contribution in [0.2, 0.25) is 0 Å². The van der Waals surface area contributed by atoms with Crippen LogP contribution in [0.25, 0.3) is 71.5 Å². The molecule has 0 amide bonds. The molecule has 7 aromatic rings. The van der Waals surface area contributed by atoms with Crippen molar-refractivity contribution in [2.75, 3.05) is 0 Å². The molecule has 2 aliphatic rings. The third kappa shape index (κ3) is 5.24. The van der Waals surface area contributed by atoms with Gasteiger partial charge in [0.05, 0.1) is 4.88 Å². The number of nitrogens with zero attached hydrogens (tertiary/aromatic N) is 3. The van der Waals surface area contributed by atoms with Gasteiger partial charge in [0.1, 0.15) is 0 Å². The number of allylic oxidation sites excluding steroid dienone is 4. The number of hydrogen-bond acceptors (Lipinski definition) is 4. The first kappa shape index (κ1) is 30.4. The fourth-order valence-electron chi connectivity index (χ4n) is 7.48. The molecule has 2 aromatic heterocycles. The fourth-order valence-corrected chi connectivity index (χ4v) is 8.94. The van der Waals surface area contributed by atoms with Crippen molar-refractivity contribution in [3.05, 3.63) is 169 Å². The first-order valence-electron chi connectivity index (χ1n) is 17.3. The molecule has 0 radical (unpaired) electrons. The first-order chi connectivity index (χ1) is 24.5. The number of thiophene rings is 1. The first-order valence-corrected chi connectivity index (χ1v) is 18.1. The van der Waals surface area contributed by atoms with Crippen molar-refractivity contribution >= 4 is 16.9 Å². The summed E-state index contributed by atoms with van der Waals surface area (Å²) in [4.78, 5) is 18.3. The van der Waals surface area contributed by atoms with Gasteiger partial charge in [0.25, 0.3) is 0 Å². The summed E-state index contributed by atoms with van der Waals surface area (Å²) in [7, 11) is 0. The molecule has 0 saturated heterocycles. The monoisotopic (exact) mass is 661 g/mol. The van der Waals surface area contributed by atoms with Gasteiger partial charge < -0.3 is 0 Å².